The highest BCUT2D eigenvalue weighted by molar-refractivity contribution is 5.03. The maximum atomic E-state index is 3.31. The molecule has 0 fully saturated rings. The Hall–Kier alpha value is -1.04. The summed E-state index contributed by atoms with van der Waals surface area (Å²) >= 11 is 0. The van der Waals surface area contributed by atoms with Gasteiger partial charge in [-0.05, 0) is 44.6 Å². The van der Waals surface area contributed by atoms with Crippen LogP contribution in [0.4, 0.5) is 0 Å². The third-order valence-corrected chi connectivity index (χ3v) is 2.13. The van der Waals surface area contributed by atoms with Gasteiger partial charge in [0.1, 0.15) is 0 Å². The summed E-state index contributed by atoms with van der Waals surface area (Å²) < 4.78 is 0. The second-order valence-electron chi connectivity index (χ2n) is 3.43. The van der Waals surface area contributed by atoms with Gasteiger partial charge < -0.3 is 0 Å². The first-order valence-electron chi connectivity index (χ1n) is 5.52. The van der Waals surface area contributed by atoms with E-state index in [0.717, 1.165) is 38.5 Å². The summed E-state index contributed by atoms with van der Waals surface area (Å²) in [6.45, 7) is 0. The topological polar surface area (TPSA) is 0 Å². The summed E-state index contributed by atoms with van der Waals surface area (Å²) in [7, 11) is 0. The zero-order valence-corrected chi connectivity index (χ0v) is 8.78. The number of hydrogen-bond acceptors (Lipinski definition) is 0. The monoisotopic (exact) mass is 187 g/mol. The van der Waals surface area contributed by atoms with Gasteiger partial charge in [-0.3, -0.25) is 0 Å². The Labute approximate surface area is 87.7 Å². The average Bonchev–Trinajstić information content (AvgIpc) is 2.22. The molecule has 14 heavy (non-hydrogen) atoms. The Bertz CT molecular complexity index is 202. The Morgan fingerprint density at radius 1 is 0.643 bits per heavy atom. The van der Waals surface area contributed by atoms with E-state index >= 15 is 0 Å². The van der Waals surface area contributed by atoms with Gasteiger partial charge in [0.2, 0.25) is 0 Å². The van der Waals surface area contributed by atoms with Gasteiger partial charge in [0.05, 0.1) is 0 Å². The van der Waals surface area contributed by atoms with Crippen LogP contribution >= 0.6 is 0 Å². The Morgan fingerprint density at radius 3 is 2.14 bits per heavy atom. The molecule has 0 heteroatoms. The van der Waals surface area contributed by atoms with Gasteiger partial charge in [-0.1, -0.05) is 42.5 Å². The Balaban J connectivity index is 2.34. The van der Waals surface area contributed by atoms with Crippen LogP contribution in [0.15, 0.2) is 42.5 Å². The molecule has 0 N–H and O–H groups in total. The molecule has 1 radical (unpaired) electrons. The van der Waals surface area contributed by atoms with Gasteiger partial charge in [0.25, 0.3) is 0 Å². The minimum Gasteiger partial charge on any atom is -0.0882 e. The van der Waals surface area contributed by atoms with Crippen LogP contribution in [-0.4, -0.2) is 0 Å². The highest BCUT2D eigenvalue weighted by Gasteiger charge is 1.81. The van der Waals surface area contributed by atoms with Gasteiger partial charge in [-0.15, -0.1) is 0 Å². The summed E-state index contributed by atoms with van der Waals surface area (Å²) in [6, 6.07) is 0. The molecule has 1 rings (SSSR count). The molecule has 0 aliphatic heterocycles. The molecule has 75 valence electrons. The Morgan fingerprint density at radius 2 is 1.29 bits per heavy atom. The molecule has 0 heterocycles. The average molecular weight is 187 g/mol. The summed E-state index contributed by atoms with van der Waals surface area (Å²) in [5.41, 5.74) is 0. The van der Waals surface area contributed by atoms with E-state index < -0.39 is 0 Å². The van der Waals surface area contributed by atoms with E-state index in [4.69, 9.17) is 0 Å². The third kappa shape index (κ3) is 6.47. The van der Waals surface area contributed by atoms with Crippen LogP contribution in [0.1, 0.15) is 38.5 Å². The van der Waals surface area contributed by atoms with Crippen molar-refractivity contribution in [2.75, 3.05) is 0 Å². The van der Waals surface area contributed by atoms with Crippen molar-refractivity contribution in [3.63, 3.8) is 0 Å². The van der Waals surface area contributed by atoms with E-state index in [2.05, 4.69) is 48.6 Å². The minimum absolute atomic E-state index is 1.07. The van der Waals surface area contributed by atoms with Crippen molar-refractivity contribution < 1.29 is 0 Å². The second kappa shape index (κ2) is 8.55. The number of allylic oxidation sites excluding steroid dienone is 8. The molecule has 0 atom stereocenters. The van der Waals surface area contributed by atoms with Crippen molar-refractivity contribution in [3.05, 3.63) is 48.6 Å². The van der Waals surface area contributed by atoms with Crippen molar-refractivity contribution in [3.8, 4) is 0 Å². The first-order valence-corrected chi connectivity index (χ1v) is 5.52. The van der Waals surface area contributed by atoms with Gasteiger partial charge in [-0.2, -0.15) is 0 Å². The van der Waals surface area contributed by atoms with Gasteiger partial charge in [0, 0.05) is 0 Å². The second-order valence-corrected chi connectivity index (χ2v) is 3.43. The van der Waals surface area contributed by atoms with Crippen LogP contribution in [0.2, 0.25) is 0 Å². The van der Waals surface area contributed by atoms with E-state index in [-0.39, 0.29) is 0 Å². The van der Waals surface area contributed by atoms with Crippen LogP contribution in [0.5, 0.6) is 0 Å². The molecule has 1 aliphatic carbocycles. The van der Waals surface area contributed by atoms with Gasteiger partial charge >= 0.3 is 0 Å². The highest BCUT2D eigenvalue weighted by Crippen LogP contribution is 2.00. The standard InChI is InChI=1S/C14H19/c1-2-4-6-8-10-12-14-13-11-9-7-5-3-1/h1-4,9-11H,5-8,13-14H2/b3-1-,4-2+,11-9+,12-10?. The van der Waals surface area contributed by atoms with Gasteiger partial charge in [-0.25, -0.2) is 0 Å². The van der Waals surface area contributed by atoms with Crippen molar-refractivity contribution in [1.29, 1.82) is 0 Å². The minimum atomic E-state index is 1.07. The lowest BCUT2D eigenvalue weighted by Gasteiger charge is -1.90. The van der Waals surface area contributed by atoms with Crippen molar-refractivity contribution in [2.45, 2.75) is 38.5 Å². The fourth-order valence-corrected chi connectivity index (χ4v) is 1.33. The smallest absolute Gasteiger partial charge is 0.0245 e. The van der Waals surface area contributed by atoms with E-state index in [1.807, 2.05) is 0 Å². The first kappa shape index (κ1) is 11.0. The normalized spacial score (nSPS) is 28.6. The van der Waals surface area contributed by atoms with Crippen molar-refractivity contribution >= 4 is 0 Å². The van der Waals surface area contributed by atoms with Crippen molar-refractivity contribution in [2.24, 2.45) is 0 Å². The molecule has 0 saturated heterocycles. The van der Waals surface area contributed by atoms with E-state index in [1.54, 1.807) is 0 Å². The molecule has 0 unspecified atom stereocenters. The SMILES string of the molecule is [C]1=C/CC/C=C/C=C\CC/C=C/CC/1. The predicted octanol–water partition coefficient (Wildman–Crippen LogP) is 4.37. The van der Waals surface area contributed by atoms with Crippen molar-refractivity contribution in [1.82, 2.24) is 0 Å². The number of rotatable bonds is 0. The van der Waals surface area contributed by atoms with Crippen LogP contribution in [0.3, 0.4) is 0 Å². The molecule has 0 amide bonds. The molecule has 1 aliphatic rings. The largest absolute Gasteiger partial charge is 0.0882 e. The lowest BCUT2D eigenvalue weighted by atomic mass is 10.2. The maximum Gasteiger partial charge on any atom is -0.0245 e. The van der Waals surface area contributed by atoms with E-state index in [9.17, 15) is 0 Å². The quantitative estimate of drug-likeness (QED) is 0.494. The van der Waals surface area contributed by atoms with Crippen LogP contribution in [0, 0.1) is 6.08 Å². The van der Waals surface area contributed by atoms with Crippen LogP contribution in [-0.2, 0) is 0 Å². The lowest BCUT2D eigenvalue weighted by Crippen LogP contribution is -1.71. The molecule has 0 saturated carbocycles. The molecule has 0 spiro atoms. The highest BCUT2D eigenvalue weighted by atomic mass is 13.9. The van der Waals surface area contributed by atoms with E-state index in [1.165, 1.54) is 0 Å². The van der Waals surface area contributed by atoms with Crippen LogP contribution in [0.25, 0.3) is 0 Å². The fraction of sp³-hybridized carbons (Fsp3) is 0.429. The fourth-order valence-electron chi connectivity index (χ4n) is 1.33. The maximum absolute atomic E-state index is 3.31. The third-order valence-electron chi connectivity index (χ3n) is 2.13. The molecule has 0 bridgehead atoms. The lowest BCUT2D eigenvalue weighted by molar-refractivity contribution is 0.967. The summed E-state index contributed by atoms with van der Waals surface area (Å²) in [5.74, 6) is 0. The molecule has 0 aromatic carbocycles. The summed E-state index contributed by atoms with van der Waals surface area (Å²) in [4.78, 5) is 0. The van der Waals surface area contributed by atoms with Crippen LogP contribution < -0.4 is 0 Å². The first-order chi connectivity index (χ1) is 7.00. The molecule has 0 nitrogen and oxygen atoms in total. The predicted molar refractivity (Wildman–Crippen MR) is 62.9 cm³/mol. The molecular weight excluding hydrogens is 168 g/mol. The van der Waals surface area contributed by atoms with Gasteiger partial charge in [0.15, 0.2) is 0 Å². The summed E-state index contributed by atoms with van der Waals surface area (Å²) in [6.07, 6.45) is 25.5. The molecular formula is C14H19. The molecule has 0 aromatic rings. The zero-order valence-electron chi connectivity index (χ0n) is 8.78. The number of hydrogen-bond donors (Lipinski definition) is 0. The molecule has 0 aromatic heterocycles. The Kier molecular flexibility index (Phi) is 6.74. The van der Waals surface area contributed by atoms with E-state index in [0.29, 0.717) is 0 Å². The summed E-state index contributed by atoms with van der Waals surface area (Å²) in [5, 5.41) is 0. The zero-order chi connectivity index (χ0) is 9.90.